The van der Waals surface area contributed by atoms with Crippen molar-refractivity contribution in [1.82, 2.24) is 0 Å². The molecule has 0 aliphatic rings. The van der Waals surface area contributed by atoms with E-state index in [1.165, 1.54) is 6.07 Å². The quantitative estimate of drug-likeness (QED) is 0.858. The monoisotopic (exact) mass is 219 g/mol. The lowest BCUT2D eigenvalue weighted by Crippen LogP contribution is -2.16. The largest absolute Gasteiger partial charge is 0.472 e. The molecule has 2 N–H and O–H groups in total. The molecule has 3 heteroatoms. The van der Waals surface area contributed by atoms with Gasteiger partial charge in [-0.1, -0.05) is 18.2 Å². The van der Waals surface area contributed by atoms with Crippen LogP contribution in [0.5, 0.6) is 0 Å². The Balaban J connectivity index is 2.20. The summed E-state index contributed by atoms with van der Waals surface area (Å²) in [6.45, 7) is 0.423. The second-order valence-electron chi connectivity index (χ2n) is 3.79. The van der Waals surface area contributed by atoms with E-state index in [2.05, 4.69) is 0 Å². The molecule has 1 unspecified atom stereocenters. The van der Waals surface area contributed by atoms with Crippen molar-refractivity contribution in [2.45, 2.75) is 12.3 Å². The van der Waals surface area contributed by atoms with E-state index in [1.807, 2.05) is 12.1 Å². The van der Waals surface area contributed by atoms with Crippen LogP contribution < -0.4 is 5.73 Å². The SMILES string of the molecule is NCC(Cc1ccoc1)c1ccccc1F. The van der Waals surface area contributed by atoms with Crippen molar-refractivity contribution in [3.63, 3.8) is 0 Å². The summed E-state index contributed by atoms with van der Waals surface area (Å²) in [5.41, 5.74) is 7.41. The predicted molar refractivity (Wildman–Crippen MR) is 60.6 cm³/mol. The highest BCUT2D eigenvalue weighted by Crippen LogP contribution is 2.22. The maximum atomic E-state index is 13.6. The third kappa shape index (κ3) is 2.31. The molecule has 2 rings (SSSR count). The first-order chi connectivity index (χ1) is 7.81. The zero-order valence-electron chi connectivity index (χ0n) is 8.90. The average molecular weight is 219 g/mol. The van der Waals surface area contributed by atoms with Gasteiger partial charge >= 0.3 is 0 Å². The van der Waals surface area contributed by atoms with E-state index in [0.29, 0.717) is 18.5 Å². The predicted octanol–water partition coefficient (Wildman–Crippen LogP) is 2.70. The van der Waals surface area contributed by atoms with E-state index in [4.69, 9.17) is 10.2 Å². The van der Waals surface area contributed by atoms with Crippen LogP contribution in [0.25, 0.3) is 0 Å². The van der Waals surface area contributed by atoms with Crippen molar-refractivity contribution in [2.75, 3.05) is 6.54 Å². The summed E-state index contributed by atoms with van der Waals surface area (Å²) in [6.07, 6.45) is 3.99. The molecule has 2 aromatic rings. The van der Waals surface area contributed by atoms with Crippen LogP contribution in [0.2, 0.25) is 0 Å². The van der Waals surface area contributed by atoms with Gasteiger partial charge in [0, 0.05) is 5.92 Å². The lowest BCUT2D eigenvalue weighted by atomic mass is 9.93. The van der Waals surface area contributed by atoms with Crippen molar-refractivity contribution in [2.24, 2.45) is 5.73 Å². The number of hydrogen-bond acceptors (Lipinski definition) is 2. The topological polar surface area (TPSA) is 39.2 Å². The molecule has 1 aromatic carbocycles. The maximum Gasteiger partial charge on any atom is 0.126 e. The summed E-state index contributed by atoms with van der Waals surface area (Å²) in [5, 5.41) is 0. The summed E-state index contributed by atoms with van der Waals surface area (Å²) in [5.74, 6) is -0.194. The molecule has 16 heavy (non-hydrogen) atoms. The van der Waals surface area contributed by atoms with E-state index in [-0.39, 0.29) is 11.7 Å². The first-order valence-corrected chi connectivity index (χ1v) is 5.27. The Labute approximate surface area is 93.9 Å². The van der Waals surface area contributed by atoms with Gasteiger partial charge in [-0.2, -0.15) is 0 Å². The van der Waals surface area contributed by atoms with E-state index < -0.39 is 0 Å². The zero-order chi connectivity index (χ0) is 11.4. The number of halogens is 1. The highest BCUT2D eigenvalue weighted by molar-refractivity contribution is 5.24. The second kappa shape index (κ2) is 4.94. The van der Waals surface area contributed by atoms with Gasteiger partial charge in [0.1, 0.15) is 5.82 Å². The van der Waals surface area contributed by atoms with Crippen LogP contribution in [0, 0.1) is 5.82 Å². The fourth-order valence-electron chi connectivity index (χ4n) is 1.82. The van der Waals surface area contributed by atoms with Crippen LogP contribution in [-0.4, -0.2) is 6.54 Å². The molecule has 0 aliphatic heterocycles. The Hall–Kier alpha value is -1.61. The third-order valence-corrected chi connectivity index (χ3v) is 2.69. The molecule has 1 aromatic heterocycles. The standard InChI is InChI=1S/C13H14FNO/c14-13-4-2-1-3-12(13)11(8-15)7-10-5-6-16-9-10/h1-6,9,11H,7-8,15H2. The minimum Gasteiger partial charge on any atom is -0.472 e. The molecule has 0 bridgehead atoms. The molecular formula is C13H14FNO. The van der Waals surface area contributed by atoms with Crippen LogP contribution in [0.3, 0.4) is 0 Å². The Morgan fingerprint density at radius 2 is 2.06 bits per heavy atom. The van der Waals surface area contributed by atoms with E-state index >= 15 is 0 Å². The molecule has 2 nitrogen and oxygen atoms in total. The van der Waals surface area contributed by atoms with E-state index in [0.717, 1.165) is 5.56 Å². The molecule has 0 spiro atoms. The Morgan fingerprint density at radius 1 is 1.25 bits per heavy atom. The van der Waals surface area contributed by atoms with Crippen molar-refractivity contribution in [3.05, 3.63) is 59.8 Å². The Bertz CT molecular complexity index is 439. The van der Waals surface area contributed by atoms with Crippen molar-refractivity contribution in [3.8, 4) is 0 Å². The van der Waals surface area contributed by atoms with Gasteiger partial charge in [-0.25, -0.2) is 4.39 Å². The van der Waals surface area contributed by atoms with Gasteiger partial charge < -0.3 is 10.2 Å². The highest BCUT2D eigenvalue weighted by atomic mass is 19.1. The number of hydrogen-bond donors (Lipinski definition) is 1. The molecular weight excluding hydrogens is 205 g/mol. The number of furan rings is 1. The van der Waals surface area contributed by atoms with Gasteiger partial charge in [-0.3, -0.25) is 0 Å². The summed E-state index contributed by atoms with van der Waals surface area (Å²) in [4.78, 5) is 0. The fourth-order valence-corrected chi connectivity index (χ4v) is 1.82. The van der Waals surface area contributed by atoms with Crippen LogP contribution in [0.4, 0.5) is 4.39 Å². The Morgan fingerprint density at radius 3 is 2.69 bits per heavy atom. The van der Waals surface area contributed by atoms with Crippen molar-refractivity contribution >= 4 is 0 Å². The second-order valence-corrected chi connectivity index (χ2v) is 3.79. The third-order valence-electron chi connectivity index (χ3n) is 2.69. The fraction of sp³-hybridized carbons (Fsp3) is 0.231. The van der Waals surface area contributed by atoms with Crippen molar-refractivity contribution in [1.29, 1.82) is 0 Å². The van der Waals surface area contributed by atoms with Gasteiger partial charge in [0.2, 0.25) is 0 Å². The van der Waals surface area contributed by atoms with Crippen LogP contribution in [0.1, 0.15) is 17.0 Å². The smallest absolute Gasteiger partial charge is 0.126 e. The van der Waals surface area contributed by atoms with Crippen LogP contribution in [-0.2, 0) is 6.42 Å². The molecule has 0 saturated heterocycles. The highest BCUT2D eigenvalue weighted by Gasteiger charge is 2.14. The first kappa shape index (κ1) is 10.9. The van der Waals surface area contributed by atoms with E-state index in [9.17, 15) is 4.39 Å². The molecule has 0 radical (unpaired) electrons. The van der Waals surface area contributed by atoms with Gasteiger partial charge in [0.15, 0.2) is 0 Å². The zero-order valence-corrected chi connectivity index (χ0v) is 8.90. The van der Waals surface area contributed by atoms with Crippen LogP contribution in [0.15, 0.2) is 47.3 Å². The minimum absolute atomic E-state index is 0.00111. The van der Waals surface area contributed by atoms with Gasteiger partial charge in [0.05, 0.1) is 12.5 Å². The summed E-state index contributed by atoms with van der Waals surface area (Å²) in [7, 11) is 0. The molecule has 0 saturated carbocycles. The average Bonchev–Trinajstić information content (AvgIpc) is 2.80. The molecule has 1 atom stereocenters. The van der Waals surface area contributed by atoms with Gasteiger partial charge in [-0.15, -0.1) is 0 Å². The van der Waals surface area contributed by atoms with Crippen molar-refractivity contribution < 1.29 is 8.81 Å². The first-order valence-electron chi connectivity index (χ1n) is 5.27. The normalized spacial score (nSPS) is 12.6. The summed E-state index contributed by atoms with van der Waals surface area (Å²) < 4.78 is 18.6. The number of rotatable bonds is 4. The minimum atomic E-state index is -0.193. The molecule has 0 aliphatic carbocycles. The molecule has 0 fully saturated rings. The maximum absolute atomic E-state index is 13.6. The molecule has 84 valence electrons. The molecule has 0 amide bonds. The number of nitrogens with two attached hydrogens (primary N) is 1. The lowest BCUT2D eigenvalue weighted by Gasteiger charge is -2.14. The lowest BCUT2D eigenvalue weighted by molar-refractivity contribution is 0.554. The van der Waals surface area contributed by atoms with Crippen LogP contribution >= 0.6 is 0 Å². The Kier molecular flexibility index (Phi) is 3.37. The summed E-state index contributed by atoms with van der Waals surface area (Å²) in [6, 6.07) is 8.64. The summed E-state index contributed by atoms with van der Waals surface area (Å²) >= 11 is 0. The van der Waals surface area contributed by atoms with Gasteiger partial charge in [-0.05, 0) is 36.2 Å². The van der Waals surface area contributed by atoms with E-state index in [1.54, 1.807) is 24.7 Å². The molecule has 1 heterocycles. The van der Waals surface area contributed by atoms with Gasteiger partial charge in [0.25, 0.3) is 0 Å². The number of benzene rings is 1.